The first kappa shape index (κ1) is 13.7. The van der Waals surface area contributed by atoms with Gasteiger partial charge in [-0.05, 0) is 20.8 Å². The summed E-state index contributed by atoms with van der Waals surface area (Å²) in [5.74, 6) is -2.11. The average Bonchev–Trinajstić information content (AvgIpc) is 2.30. The van der Waals surface area contributed by atoms with E-state index in [1.54, 1.807) is 20.8 Å². The summed E-state index contributed by atoms with van der Waals surface area (Å²) >= 11 is 0. The highest BCUT2D eigenvalue weighted by Gasteiger charge is 2.69. The summed E-state index contributed by atoms with van der Waals surface area (Å²) in [6.07, 6.45) is 0. The quantitative estimate of drug-likeness (QED) is 0.687. The molecule has 2 fully saturated rings. The number of nitrogens with one attached hydrogen (secondary N) is 1. The molecule has 0 amide bonds. The number of hydrogen-bond donors (Lipinski definition) is 1. The third-order valence-corrected chi connectivity index (χ3v) is 5.23. The molecule has 0 saturated carbocycles. The SMILES string of the molecule is CC(C)(C)OC(=O)C1(F)CS(=O)(=O)CC12CNC2. The lowest BCUT2D eigenvalue weighted by Gasteiger charge is -2.45. The van der Waals surface area contributed by atoms with Gasteiger partial charge in [-0.1, -0.05) is 0 Å². The lowest BCUT2D eigenvalue weighted by molar-refractivity contribution is -0.178. The predicted octanol–water partition coefficient (Wildman–Crippen LogP) is 0.0544. The first-order valence-electron chi connectivity index (χ1n) is 5.83. The van der Waals surface area contributed by atoms with E-state index in [0.717, 1.165) is 0 Å². The van der Waals surface area contributed by atoms with Crippen LogP contribution in [0.15, 0.2) is 0 Å². The second kappa shape index (κ2) is 3.66. The lowest BCUT2D eigenvalue weighted by atomic mass is 9.71. The summed E-state index contributed by atoms with van der Waals surface area (Å²) in [5.41, 5.74) is -4.40. The molecule has 1 unspecified atom stereocenters. The van der Waals surface area contributed by atoms with Crippen LogP contribution < -0.4 is 5.32 Å². The fourth-order valence-electron chi connectivity index (χ4n) is 2.49. The number of rotatable bonds is 1. The Labute approximate surface area is 106 Å². The van der Waals surface area contributed by atoms with Crippen molar-refractivity contribution >= 4 is 15.8 Å². The number of alkyl halides is 1. The van der Waals surface area contributed by atoms with Gasteiger partial charge >= 0.3 is 5.97 Å². The van der Waals surface area contributed by atoms with Crippen molar-refractivity contribution < 1.29 is 22.3 Å². The van der Waals surface area contributed by atoms with E-state index in [4.69, 9.17) is 4.74 Å². The van der Waals surface area contributed by atoms with Crippen molar-refractivity contribution in [3.05, 3.63) is 0 Å². The van der Waals surface area contributed by atoms with Gasteiger partial charge in [-0.3, -0.25) is 0 Å². The zero-order valence-corrected chi connectivity index (χ0v) is 11.6. The molecule has 2 aliphatic rings. The summed E-state index contributed by atoms with van der Waals surface area (Å²) < 4.78 is 43.3. The number of carbonyl (C=O) groups is 1. The predicted molar refractivity (Wildman–Crippen MR) is 63.6 cm³/mol. The monoisotopic (exact) mass is 279 g/mol. The zero-order valence-electron chi connectivity index (χ0n) is 10.7. The Hall–Kier alpha value is -0.690. The van der Waals surface area contributed by atoms with E-state index in [9.17, 15) is 17.6 Å². The van der Waals surface area contributed by atoms with Crippen LogP contribution in [0.3, 0.4) is 0 Å². The molecule has 1 spiro atoms. The summed E-state index contributed by atoms with van der Waals surface area (Å²) in [4.78, 5) is 12.0. The Bertz CT molecular complexity index is 478. The molecule has 0 aliphatic carbocycles. The normalized spacial score (nSPS) is 33.1. The smallest absolute Gasteiger partial charge is 0.346 e. The van der Waals surface area contributed by atoms with E-state index < -0.39 is 38.2 Å². The van der Waals surface area contributed by atoms with Crippen LogP contribution in [0.1, 0.15) is 20.8 Å². The molecular formula is C11H18FNO4S. The average molecular weight is 279 g/mol. The molecule has 2 aliphatic heterocycles. The van der Waals surface area contributed by atoms with Crippen LogP contribution in [-0.2, 0) is 19.4 Å². The Kier molecular flexibility index (Phi) is 2.79. The second-order valence-electron chi connectivity index (χ2n) is 6.22. The molecule has 2 rings (SSSR count). The van der Waals surface area contributed by atoms with Crippen LogP contribution in [0.25, 0.3) is 0 Å². The number of carbonyl (C=O) groups excluding carboxylic acids is 1. The molecule has 0 radical (unpaired) electrons. The molecule has 2 saturated heterocycles. The molecule has 0 aromatic carbocycles. The van der Waals surface area contributed by atoms with E-state index >= 15 is 0 Å². The third kappa shape index (κ3) is 2.03. The van der Waals surface area contributed by atoms with Crippen molar-refractivity contribution in [1.82, 2.24) is 5.32 Å². The molecule has 2 heterocycles. The first-order chi connectivity index (χ1) is 8.00. The Balaban J connectivity index is 2.31. The Morgan fingerprint density at radius 3 is 2.22 bits per heavy atom. The van der Waals surface area contributed by atoms with E-state index in [1.165, 1.54) is 0 Å². The lowest BCUT2D eigenvalue weighted by Crippen LogP contribution is -2.67. The number of esters is 1. The van der Waals surface area contributed by atoms with Crippen molar-refractivity contribution in [3.63, 3.8) is 0 Å². The fourth-order valence-corrected chi connectivity index (χ4v) is 4.89. The van der Waals surface area contributed by atoms with E-state index in [1.807, 2.05) is 0 Å². The van der Waals surface area contributed by atoms with Crippen LogP contribution in [-0.4, -0.2) is 50.3 Å². The van der Waals surface area contributed by atoms with Crippen LogP contribution in [0.4, 0.5) is 4.39 Å². The van der Waals surface area contributed by atoms with E-state index in [0.29, 0.717) is 0 Å². The second-order valence-corrected chi connectivity index (χ2v) is 8.28. The van der Waals surface area contributed by atoms with Gasteiger partial charge in [0, 0.05) is 13.1 Å². The molecule has 5 nitrogen and oxygen atoms in total. The molecule has 0 bridgehead atoms. The van der Waals surface area contributed by atoms with Gasteiger partial charge in [0.05, 0.1) is 16.9 Å². The van der Waals surface area contributed by atoms with E-state index in [2.05, 4.69) is 5.32 Å². The van der Waals surface area contributed by atoms with Gasteiger partial charge in [-0.2, -0.15) is 0 Å². The van der Waals surface area contributed by atoms with Gasteiger partial charge in [0.25, 0.3) is 0 Å². The summed E-state index contributed by atoms with van der Waals surface area (Å²) in [5, 5.41) is 2.84. The zero-order chi connectivity index (χ0) is 13.8. The van der Waals surface area contributed by atoms with Crippen molar-refractivity contribution in [2.24, 2.45) is 5.41 Å². The topological polar surface area (TPSA) is 72.5 Å². The van der Waals surface area contributed by atoms with Gasteiger partial charge in [0.15, 0.2) is 9.84 Å². The van der Waals surface area contributed by atoms with Gasteiger partial charge in [0.1, 0.15) is 5.60 Å². The minimum atomic E-state index is -3.54. The fraction of sp³-hybridized carbons (Fsp3) is 0.909. The summed E-state index contributed by atoms with van der Waals surface area (Å²) in [6, 6.07) is 0. The number of hydrogen-bond acceptors (Lipinski definition) is 5. The molecule has 0 aromatic rings. The van der Waals surface area contributed by atoms with E-state index in [-0.39, 0.29) is 18.8 Å². The highest BCUT2D eigenvalue weighted by molar-refractivity contribution is 7.91. The minimum Gasteiger partial charge on any atom is -0.458 e. The van der Waals surface area contributed by atoms with Crippen LogP contribution in [0.5, 0.6) is 0 Å². The third-order valence-electron chi connectivity index (χ3n) is 3.40. The largest absolute Gasteiger partial charge is 0.458 e. The number of halogens is 1. The Morgan fingerprint density at radius 1 is 1.28 bits per heavy atom. The van der Waals surface area contributed by atoms with Gasteiger partial charge in [-0.25, -0.2) is 17.6 Å². The van der Waals surface area contributed by atoms with Crippen molar-refractivity contribution in [3.8, 4) is 0 Å². The standard InChI is InChI=1S/C11H18FNO4S/c1-9(2,3)17-8(14)11(12)7-18(15,16)6-10(11)4-13-5-10/h13H,4-7H2,1-3H3. The molecule has 1 atom stereocenters. The highest BCUT2D eigenvalue weighted by Crippen LogP contribution is 2.47. The summed E-state index contributed by atoms with van der Waals surface area (Å²) in [7, 11) is -3.54. The van der Waals surface area contributed by atoms with Crippen molar-refractivity contribution in [2.75, 3.05) is 24.6 Å². The molecule has 1 N–H and O–H groups in total. The van der Waals surface area contributed by atoms with Crippen molar-refractivity contribution in [2.45, 2.75) is 32.0 Å². The molecule has 7 heteroatoms. The van der Waals surface area contributed by atoms with Crippen LogP contribution in [0, 0.1) is 5.41 Å². The van der Waals surface area contributed by atoms with Crippen LogP contribution in [0.2, 0.25) is 0 Å². The maximum atomic E-state index is 14.9. The number of sulfone groups is 1. The molecular weight excluding hydrogens is 261 g/mol. The maximum absolute atomic E-state index is 14.9. The maximum Gasteiger partial charge on any atom is 0.346 e. The van der Waals surface area contributed by atoms with Gasteiger partial charge in [-0.15, -0.1) is 0 Å². The highest BCUT2D eigenvalue weighted by atomic mass is 32.2. The van der Waals surface area contributed by atoms with Crippen molar-refractivity contribution in [1.29, 1.82) is 0 Å². The van der Waals surface area contributed by atoms with Crippen LogP contribution >= 0.6 is 0 Å². The minimum absolute atomic E-state index is 0.196. The molecule has 18 heavy (non-hydrogen) atoms. The first-order valence-corrected chi connectivity index (χ1v) is 7.65. The molecule has 104 valence electrons. The molecule has 0 aromatic heterocycles. The Morgan fingerprint density at radius 2 is 1.83 bits per heavy atom. The summed E-state index contributed by atoms with van der Waals surface area (Å²) in [6.45, 7) is 5.28. The van der Waals surface area contributed by atoms with Gasteiger partial charge < -0.3 is 10.1 Å². The number of ether oxygens (including phenoxy) is 1. The van der Waals surface area contributed by atoms with Gasteiger partial charge in [0.2, 0.25) is 5.67 Å².